The molecule has 0 aliphatic heterocycles. The third kappa shape index (κ3) is 5.04. The average molecular weight is 383 g/mol. The predicted octanol–water partition coefficient (Wildman–Crippen LogP) is 3.03. The van der Waals surface area contributed by atoms with Gasteiger partial charge in [0.1, 0.15) is 12.4 Å². The lowest BCUT2D eigenvalue weighted by molar-refractivity contribution is 0.0530. The van der Waals surface area contributed by atoms with Gasteiger partial charge in [0.2, 0.25) is 10.0 Å². The molecule has 0 bridgehead atoms. The molecule has 0 aromatic heterocycles. The standard InChI is InChI=1S/C17H18FNO4S2/c1-19(2)25(21,22)14-9-7-13(8-10-14)17(20)23-11-12-24-16-6-4-3-5-15(16)18/h3-10H,11-12H2,1-2H3. The van der Waals surface area contributed by atoms with E-state index < -0.39 is 16.0 Å². The summed E-state index contributed by atoms with van der Waals surface area (Å²) < 4.78 is 43.6. The molecule has 2 rings (SSSR count). The quantitative estimate of drug-likeness (QED) is 0.418. The summed E-state index contributed by atoms with van der Waals surface area (Å²) in [6, 6.07) is 11.9. The van der Waals surface area contributed by atoms with Gasteiger partial charge in [0, 0.05) is 24.7 Å². The zero-order valence-electron chi connectivity index (χ0n) is 13.8. The van der Waals surface area contributed by atoms with Crippen LogP contribution in [-0.2, 0) is 14.8 Å². The Labute approximate surface area is 150 Å². The molecule has 0 aliphatic rings. The van der Waals surface area contributed by atoms with Gasteiger partial charge in [0.15, 0.2) is 0 Å². The lowest BCUT2D eigenvalue weighted by atomic mass is 10.2. The number of carbonyl (C=O) groups is 1. The zero-order valence-corrected chi connectivity index (χ0v) is 15.4. The van der Waals surface area contributed by atoms with E-state index in [0.29, 0.717) is 10.6 Å². The van der Waals surface area contributed by atoms with Crippen LogP contribution in [0.1, 0.15) is 10.4 Å². The minimum atomic E-state index is -3.53. The Morgan fingerprint density at radius 3 is 2.36 bits per heavy atom. The lowest BCUT2D eigenvalue weighted by Gasteiger charge is -2.11. The molecule has 8 heteroatoms. The van der Waals surface area contributed by atoms with Crippen LogP contribution in [0.25, 0.3) is 0 Å². The number of benzene rings is 2. The fourth-order valence-corrected chi connectivity index (χ4v) is 3.57. The molecule has 0 radical (unpaired) electrons. The first-order valence-corrected chi connectivity index (χ1v) is 9.82. The first-order chi connectivity index (χ1) is 11.8. The molecule has 0 saturated carbocycles. The van der Waals surface area contributed by atoms with Gasteiger partial charge in [-0.15, -0.1) is 11.8 Å². The van der Waals surface area contributed by atoms with Gasteiger partial charge < -0.3 is 4.74 Å². The molecule has 2 aromatic carbocycles. The number of ether oxygens (including phenoxy) is 1. The van der Waals surface area contributed by atoms with Crippen LogP contribution in [0, 0.1) is 5.82 Å². The van der Waals surface area contributed by atoms with Gasteiger partial charge in [-0.2, -0.15) is 0 Å². The number of nitrogens with zero attached hydrogens (tertiary/aromatic N) is 1. The van der Waals surface area contributed by atoms with Crippen LogP contribution < -0.4 is 0 Å². The highest BCUT2D eigenvalue weighted by atomic mass is 32.2. The van der Waals surface area contributed by atoms with E-state index in [0.717, 1.165) is 4.31 Å². The number of hydrogen-bond acceptors (Lipinski definition) is 5. The maximum Gasteiger partial charge on any atom is 0.338 e. The average Bonchev–Trinajstić information content (AvgIpc) is 2.60. The molecule has 0 atom stereocenters. The van der Waals surface area contributed by atoms with Gasteiger partial charge in [0.05, 0.1) is 10.5 Å². The van der Waals surface area contributed by atoms with Crippen LogP contribution in [0.5, 0.6) is 0 Å². The van der Waals surface area contributed by atoms with Crippen molar-refractivity contribution >= 4 is 27.8 Å². The predicted molar refractivity (Wildman–Crippen MR) is 94.7 cm³/mol. The highest BCUT2D eigenvalue weighted by Crippen LogP contribution is 2.21. The van der Waals surface area contributed by atoms with E-state index in [1.54, 1.807) is 18.2 Å². The summed E-state index contributed by atoms with van der Waals surface area (Å²) in [7, 11) is -0.662. The van der Waals surface area contributed by atoms with Crippen LogP contribution in [0.2, 0.25) is 0 Å². The maximum absolute atomic E-state index is 13.5. The van der Waals surface area contributed by atoms with Crippen LogP contribution >= 0.6 is 11.8 Å². The summed E-state index contributed by atoms with van der Waals surface area (Å²) in [5.74, 6) is -0.445. The van der Waals surface area contributed by atoms with Crippen molar-refractivity contribution in [2.24, 2.45) is 0 Å². The van der Waals surface area contributed by atoms with Gasteiger partial charge in [0.25, 0.3) is 0 Å². The van der Waals surface area contributed by atoms with Gasteiger partial charge in [-0.3, -0.25) is 0 Å². The summed E-state index contributed by atoms with van der Waals surface area (Å²) in [4.78, 5) is 12.6. The van der Waals surface area contributed by atoms with Crippen LogP contribution in [0.4, 0.5) is 4.39 Å². The van der Waals surface area contributed by atoms with Crippen molar-refractivity contribution in [2.75, 3.05) is 26.5 Å². The van der Waals surface area contributed by atoms with Crippen LogP contribution in [0.15, 0.2) is 58.3 Å². The van der Waals surface area contributed by atoms with Gasteiger partial charge in [-0.1, -0.05) is 12.1 Å². The Morgan fingerprint density at radius 1 is 1.12 bits per heavy atom. The molecule has 0 N–H and O–H groups in total. The molecule has 0 fully saturated rings. The molecule has 0 saturated heterocycles. The van der Waals surface area contributed by atoms with Crippen molar-refractivity contribution in [3.8, 4) is 0 Å². The van der Waals surface area contributed by atoms with Gasteiger partial charge >= 0.3 is 5.97 Å². The second-order valence-electron chi connectivity index (χ2n) is 5.23. The summed E-state index contributed by atoms with van der Waals surface area (Å²) >= 11 is 1.26. The Bertz CT molecular complexity index is 836. The fourth-order valence-electron chi connectivity index (χ4n) is 1.90. The molecule has 25 heavy (non-hydrogen) atoms. The number of carbonyl (C=O) groups excluding carboxylic acids is 1. The molecule has 0 heterocycles. The second-order valence-corrected chi connectivity index (χ2v) is 8.52. The van der Waals surface area contributed by atoms with Crippen molar-refractivity contribution in [2.45, 2.75) is 9.79 Å². The van der Waals surface area contributed by atoms with E-state index in [-0.39, 0.29) is 22.9 Å². The Hall–Kier alpha value is -1.90. The van der Waals surface area contributed by atoms with Gasteiger partial charge in [-0.05, 0) is 36.4 Å². The SMILES string of the molecule is CN(C)S(=O)(=O)c1ccc(C(=O)OCCSc2ccccc2F)cc1. The van der Waals surface area contributed by atoms with Crippen molar-refractivity contribution in [1.29, 1.82) is 0 Å². The topological polar surface area (TPSA) is 63.7 Å². The second kappa shape index (κ2) is 8.46. The number of rotatable bonds is 7. The molecule has 0 spiro atoms. The smallest absolute Gasteiger partial charge is 0.338 e. The molecule has 134 valence electrons. The van der Waals surface area contributed by atoms with Crippen molar-refractivity contribution in [3.63, 3.8) is 0 Å². The molecule has 5 nitrogen and oxygen atoms in total. The van der Waals surface area contributed by atoms with E-state index in [9.17, 15) is 17.6 Å². The highest BCUT2D eigenvalue weighted by molar-refractivity contribution is 7.99. The Kier molecular flexibility index (Phi) is 6.57. The van der Waals surface area contributed by atoms with E-state index in [1.807, 2.05) is 0 Å². The van der Waals surface area contributed by atoms with E-state index in [2.05, 4.69) is 0 Å². The zero-order chi connectivity index (χ0) is 18.4. The first kappa shape index (κ1) is 19.4. The molecule has 0 aliphatic carbocycles. The largest absolute Gasteiger partial charge is 0.461 e. The molecular formula is C17H18FNO4S2. The van der Waals surface area contributed by atoms with Crippen LogP contribution in [0.3, 0.4) is 0 Å². The Morgan fingerprint density at radius 2 is 1.76 bits per heavy atom. The van der Waals surface area contributed by atoms with Crippen molar-refractivity contribution in [1.82, 2.24) is 4.31 Å². The molecule has 0 amide bonds. The number of halogens is 1. The highest BCUT2D eigenvalue weighted by Gasteiger charge is 2.17. The molecule has 0 unspecified atom stereocenters. The minimum absolute atomic E-state index is 0.101. The van der Waals surface area contributed by atoms with Crippen molar-refractivity contribution in [3.05, 3.63) is 59.9 Å². The van der Waals surface area contributed by atoms with Crippen molar-refractivity contribution < 1.29 is 22.3 Å². The Balaban J connectivity index is 1.88. The maximum atomic E-state index is 13.5. The first-order valence-electron chi connectivity index (χ1n) is 7.39. The van der Waals surface area contributed by atoms with E-state index in [4.69, 9.17) is 4.74 Å². The minimum Gasteiger partial charge on any atom is -0.461 e. The fraction of sp³-hybridized carbons (Fsp3) is 0.235. The number of sulfonamides is 1. The monoisotopic (exact) mass is 383 g/mol. The third-order valence-electron chi connectivity index (χ3n) is 3.28. The third-order valence-corrected chi connectivity index (χ3v) is 6.12. The number of thioether (sulfide) groups is 1. The summed E-state index contributed by atoms with van der Waals surface area (Å²) in [6.07, 6.45) is 0. The summed E-state index contributed by atoms with van der Waals surface area (Å²) in [6.45, 7) is 0.121. The summed E-state index contributed by atoms with van der Waals surface area (Å²) in [5.41, 5.74) is 0.258. The molecular weight excluding hydrogens is 365 g/mol. The lowest BCUT2D eigenvalue weighted by Crippen LogP contribution is -2.22. The number of hydrogen-bond donors (Lipinski definition) is 0. The molecule has 2 aromatic rings. The normalized spacial score (nSPS) is 11.5. The summed E-state index contributed by atoms with van der Waals surface area (Å²) in [5, 5.41) is 0. The van der Waals surface area contributed by atoms with E-state index >= 15 is 0 Å². The van der Waals surface area contributed by atoms with Crippen LogP contribution in [-0.4, -0.2) is 45.1 Å². The number of esters is 1. The van der Waals surface area contributed by atoms with Gasteiger partial charge in [-0.25, -0.2) is 21.9 Å². The van der Waals surface area contributed by atoms with E-state index in [1.165, 1.54) is 56.2 Å².